The molecule has 7 heteroatoms. The van der Waals surface area contributed by atoms with E-state index in [4.69, 9.17) is 9.47 Å². The van der Waals surface area contributed by atoms with Crippen LogP contribution < -0.4 is 9.47 Å². The van der Waals surface area contributed by atoms with Gasteiger partial charge in [0.2, 0.25) is 5.91 Å². The van der Waals surface area contributed by atoms with Crippen molar-refractivity contribution in [3.05, 3.63) is 81.0 Å². The van der Waals surface area contributed by atoms with Crippen molar-refractivity contribution in [2.24, 2.45) is 0 Å². The van der Waals surface area contributed by atoms with Crippen LogP contribution in [0.5, 0.6) is 11.5 Å². The molecule has 3 aliphatic rings. The highest BCUT2D eigenvalue weighted by Crippen LogP contribution is 2.49. The zero-order valence-electron chi connectivity index (χ0n) is 23.4. The molecule has 3 aromatic rings. The first-order valence-electron chi connectivity index (χ1n) is 14.8. The summed E-state index contributed by atoms with van der Waals surface area (Å²) in [6.07, 6.45) is 6.30. The maximum Gasteiger partial charge on any atom is 0.254 e. The first-order valence-corrected chi connectivity index (χ1v) is 15.6. The smallest absolute Gasteiger partial charge is 0.254 e. The van der Waals surface area contributed by atoms with Crippen LogP contribution in [0.25, 0.3) is 0 Å². The van der Waals surface area contributed by atoms with Crippen molar-refractivity contribution < 1.29 is 19.1 Å². The Morgan fingerprint density at radius 3 is 2.45 bits per heavy atom. The molecule has 6 rings (SSSR count). The van der Waals surface area contributed by atoms with Gasteiger partial charge in [-0.05, 0) is 79.4 Å². The summed E-state index contributed by atoms with van der Waals surface area (Å²) in [5.74, 6) is 1.04. The minimum Gasteiger partial charge on any atom is -0.490 e. The van der Waals surface area contributed by atoms with Gasteiger partial charge in [0, 0.05) is 23.0 Å². The van der Waals surface area contributed by atoms with Gasteiger partial charge in [-0.3, -0.25) is 9.59 Å². The zero-order chi connectivity index (χ0) is 27.6. The lowest BCUT2D eigenvalue weighted by atomic mass is 9.75. The summed E-state index contributed by atoms with van der Waals surface area (Å²) in [7, 11) is 0. The summed E-state index contributed by atoms with van der Waals surface area (Å²) in [5.41, 5.74) is 3.61. The number of nitrogens with zero attached hydrogens (tertiary/aromatic N) is 2. The highest BCUT2D eigenvalue weighted by Gasteiger charge is 2.48. The van der Waals surface area contributed by atoms with Crippen LogP contribution in [0, 0.1) is 0 Å². The maximum atomic E-state index is 15.0. The average Bonchev–Trinajstić information content (AvgIpc) is 3.50. The number of carbonyl (C=O) groups is 2. The second-order valence-electron chi connectivity index (χ2n) is 11.0. The number of fused-ring (bicyclic) bond motifs is 4. The molecule has 0 radical (unpaired) electrons. The van der Waals surface area contributed by atoms with Crippen molar-refractivity contribution in [3.8, 4) is 11.5 Å². The first-order chi connectivity index (χ1) is 19.6. The van der Waals surface area contributed by atoms with Gasteiger partial charge in [0.15, 0.2) is 11.5 Å². The molecule has 0 spiro atoms. The maximum absolute atomic E-state index is 15.0. The number of carbonyl (C=O) groups excluding carboxylic acids is 2. The van der Waals surface area contributed by atoms with Gasteiger partial charge >= 0.3 is 0 Å². The third-order valence-corrected chi connectivity index (χ3v) is 9.52. The Morgan fingerprint density at radius 2 is 1.73 bits per heavy atom. The fourth-order valence-corrected chi connectivity index (χ4v) is 7.57. The summed E-state index contributed by atoms with van der Waals surface area (Å²) < 4.78 is 12.0. The second kappa shape index (κ2) is 11.7. The lowest BCUT2D eigenvalue weighted by Crippen LogP contribution is -2.52. The molecule has 2 aromatic carbocycles. The molecule has 1 saturated carbocycles. The second-order valence-corrected chi connectivity index (χ2v) is 12.0. The van der Waals surface area contributed by atoms with Crippen LogP contribution in [0.1, 0.15) is 89.8 Å². The number of benzene rings is 2. The van der Waals surface area contributed by atoms with Crippen LogP contribution >= 0.6 is 11.3 Å². The van der Waals surface area contributed by atoms with Gasteiger partial charge in [0.1, 0.15) is 0 Å². The van der Waals surface area contributed by atoms with E-state index in [-0.39, 0.29) is 23.9 Å². The molecule has 2 atom stereocenters. The molecular weight excluding hydrogens is 520 g/mol. The number of rotatable bonds is 8. The first kappa shape index (κ1) is 26.9. The van der Waals surface area contributed by atoms with E-state index in [0.717, 1.165) is 48.1 Å². The summed E-state index contributed by atoms with van der Waals surface area (Å²) in [6.45, 7) is 6.16. The van der Waals surface area contributed by atoms with Gasteiger partial charge in [-0.15, -0.1) is 11.3 Å². The molecule has 1 aliphatic carbocycles. The van der Waals surface area contributed by atoms with E-state index in [2.05, 4.69) is 28.5 Å². The minimum absolute atomic E-state index is 0.00428. The quantitative estimate of drug-likeness (QED) is 0.307. The lowest BCUT2D eigenvalue weighted by Gasteiger charge is -2.47. The summed E-state index contributed by atoms with van der Waals surface area (Å²) in [6, 6.07) is 15.8. The molecule has 1 aromatic heterocycles. The Kier molecular flexibility index (Phi) is 7.83. The fourth-order valence-electron chi connectivity index (χ4n) is 6.87. The van der Waals surface area contributed by atoms with E-state index in [1.807, 2.05) is 49.1 Å². The Labute approximate surface area is 240 Å². The monoisotopic (exact) mass is 558 g/mol. The molecule has 0 N–H and O–H groups in total. The van der Waals surface area contributed by atoms with Crippen molar-refractivity contribution in [2.45, 2.75) is 76.9 Å². The van der Waals surface area contributed by atoms with Crippen molar-refractivity contribution in [1.82, 2.24) is 9.80 Å². The van der Waals surface area contributed by atoms with Crippen molar-refractivity contribution in [2.75, 3.05) is 19.8 Å². The van der Waals surface area contributed by atoms with Crippen LogP contribution in [-0.2, 0) is 17.8 Å². The molecule has 0 bridgehead atoms. The van der Waals surface area contributed by atoms with Gasteiger partial charge in [-0.25, -0.2) is 0 Å². The largest absolute Gasteiger partial charge is 0.490 e. The topological polar surface area (TPSA) is 59.1 Å². The third kappa shape index (κ3) is 4.89. The Hall–Kier alpha value is -3.32. The predicted molar refractivity (Wildman–Crippen MR) is 157 cm³/mol. The van der Waals surface area contributed by atoms with E-state index in [1.54, 1.807) is 11.3 Å². The molecule has 0 saturated heterocycles. The van der Waals surface area contributed by atoms with E-state index >= 15 is 0 Å². The van der Waals surface area contributed by atoms with E-state index in [0.29, 0.717) is 44.0 Å². The summed E-state index contributed by atoms with van der Waals surface area (Å²) in [4.78, 5) is 34.1. The predicted octanol–water partition coefficient (Wildman–Crippen LogP) is 6.74. The number of hydrogen-bond acceptors (Lipinski definition) is 5. The highest BCUT2D eigenvalue weighted by atomic mass is 32.1. The average molecular weight is 559 g/mol. The summed E-state index contributed by atoms with van der Waals surface area (Å²) in [5, 5.41) is 2.08. The standard InChI is InChI=1S/C33H38N2O4S/c1-3-38-28-19-22-16-17-34-31(27(22)20-29(28)39-4-2)30(25-14-8-9-15-26(25)32(34)36)33(37)35(21-24-13-10-18-40-24)23-11-6-5-7-12-23/h8-10,13-15,18-20,23,30-31H,3-7,11-12,16-17,21H2,1-2H3/t30-,31+/m1/s1. The van der Waals surface area contributed by atoms with E-state index < -0.39 is 5.92 Å². The normalized spacial score (nSPS) is 20.4. The molecule has 1 fully saturated rings. The SMILES string of the molecule is CCOc1cc2c(cc1OCC)[C@H]1[C@H](C(=O)N(Cc3cccs3)C3CCCCC3)c3ccccc3C(=O)N1CC2. The molecule has 2 aliphatic heterocycles. The van der Waals surface area contributed by atoms with E-state index in [9.17, 15) is 9.59 Å². The molecule has 2 amide bonds. The third-order valence-electron chi connectivity index (χ3n) is 8.66. The van der Waals surface area contributed by atoms with Gasteiger partial charge in [-0.1, -0.05) is 43.5 Å². The van der Waals surface area contributed by atoms with Gasteiger partial charge < -0.3 is 19.3 Å². The molecule has 0 unspecified atom stereocenters. The number of thiophene rings is 1. The van der Waals surface area contributed by atoms with Crippen molar-refractivity contribution in [3.63, 3.8) is 0 Å². The fraction of sp³-hybridized carbons (Fsp3) is 0.455. The van der Waals surface area contributed by atoms with Crippen LogP contribution in [0.2, 0.25) is 0 Å². The van der Waals surface area contributed by atoms with Crippen molar-refractivity contribution >= 4 is 23.2 Å². The molecule has 6 nitrogen and oxygen atoms in total. The highest BCUT2D eigenvalue weighted by molar-refractivity contribution is 7.09. The minimum atomic E-state index is -0.484. The van der Waals surface area contributed by atoms with Gasteiger partial charge in [0.25, 0.3) is 5.91 Å². The number of amides is 2. The molecule has 40 heavy (non-hydrogen) atoms. The zero-order valence-corrected chi connectivity index (χ0v) is 24.3. The van der Waals surface area contributed by atoms with Crippen molar-refractivity contribution in [1.29, 1.82) is 0 Å². The van der Waals surface area contributed by atoms with Gasteiger partial charge in [-0.2, -0.15) is 0 Å². The van der Waals surface area contributed by atoms with Crippen LogP contribution in [0.4, 0.5) is 0 Å². The van der Waals surface area contributed by atoms with Gasteiger partial charge in [0.05, 0.1) is 31.7 Å². The summed E-state index contributed by atoms with van der Waals surface area (Å²) >= 11 is 1.70. The van der Waals surface area contributed by atoms with E-state index in [1.165, 1.54) is 11.3 Å². The molecule has 3 heterocycles. The Bertz CT molecular complexity index is 1360. The Morgan fingerprint density at radius 1 is 0.975 bits per heavy atom. The lowest BCUT2D eigenvalue weighted by molar-refractivity contribution is -0.138. The van der Waals surface area contributed by atoms with Crippen LogP contribution in [-0.4, -0.2) is 47.4 Å². The number of ether oxygens (including phenoxy) is 2. The molecule has 210 valence electrons. The molecular formula is C33H38N2O4S. The Balaban J connectivity index is 1.49. The van der Waals surface area contributed by atoms with Crippen LogP contribution in [0.3, 0.4) is 0 Å². The van der Waals surface area contributed by atoms with Crippen LogP contribution in [0.15, 0.2) is 53.9 Å². The number of hydrogen-bond donors (Lipinski definition) is 0.